The molecule has 43 heavy (non-hydrogen) atoms. The minimum Gasteiger partial charge on any atom is -0.481 e. The maximum Gasteiger partial charge on any atom is 0.308 e. The Bertz CT molecular complexity index is 920. The van der Waals surface area contributed by atoms with Crippen molar-refractivity contribution in [1.82, 2.24) is 10.6 Å². The Labute approximate surface area is 253 Å². The van der Waals surface area contributed by atoms with Gasteiger partial charge in [0.15, 0.2) is 12.1 Å². The van der Waals surface area contributed by atoms with Gasteiger partial charge in [-0.2, -0.15) is 0 Å². The van der Waals surface area contributed by atoms with Crippen molar-refractivity contribution in [1.29, 1.82) is 0 Å². The SMILES string of the molecule is CCCC/C=C/CCOCC(=O)NCCNC(=O)C1OC(OC(C(C)C(=O)O)C(O)C2OC2(C)OC)C(O)C(O)C1CC. The van der Waals surface area contributed by atoms with Crippen molar-refractivity contribution in [2.75, 3.05) is 33.4 Å². The summed E-state index contributed by atoms with van der Waals surface area (Å²) in [6.45, 7) is 7.19. The molecule has 0 aromatic heterocycles. The number of allylic oxidation sites excluding steroid dienone is 1. The van der Waals surface area contributed by atoms with E-state index >= 15 is 0 Å². The quantitative estimate of drug-likeness (QED) is 0.0609. The van der Waals surface area contributed by atoms with Gasteiger partial charge in [0.2, 0.25) is 11.8 Å². The van der Waals surface area contributed by atoms with E-state index in [0.717, 1.165) is 19.3 Å². The number of carbonyl (C=O) groups is 3. The number of nitrogens with one attached hydrogen (secondary N) is 2. The van der Waals surface area contributed by atoms with E-state index in [1.807, 2.05) is 6.08 Å². The average molecular weight is 619 g/mol. The lowest BCUT2D eigenvalue weighted by Gasteiger charge is -2.43. The third-order valence-electron chi connectivity index (χ3n) is 7.81. The van der Waals surface area contributed by atoms with E-state index in [0.29, 0.717) is 13.0 Å². The van der Waals surface area contributed by atoms with Crippen LogP contribution in [0.1, 0.15) is 59.8 Å². The zero-order valence-electron chi connectivity index (χ0n) is 25.8. The number of unbranched alkanes of at least 4 members (excludes halogenated alkanes) is 2. The van der Waals surface area contributed by atoms with Crippen LogP contribution in [0.15, 0.2) is 12.2 Å². The molecule has 248 valence electrons. The fourth-order valence-corrected chi connectivity index (χ4v) is 4.88. The zero-order chi connectivity index (χ0) is 32.2. The van der Waals surface area contributed by atoms with E-state index < -0.39 is 72.4 Å². The molecule has 14 nitrogen and oxygen atoms in total. The minimum absolute atomic E-state index is 0.0528. The van der Waals surface area contributed by atoms with Gasteiger partial charge in [0, 0.05) is 26.1 Å². The number of carboxylic acids is 1. The van der Waals surface area contributed by atoms with E-state index in [-0.39, 0.29) is 32.0 Å². The van der Waals surface area contributed by atoms with Gasteiger partial charge in [-0.25, -0.2) is 0 Å². The zero-order valence-corrected chi connectivity index (χ0v) is 25.8. The van der Waals surface area contributed by atoms with Gasteiger partial charge in [-0.3, -0.25) is 14.4 Å². The lowest BCUT2D eigenvalue weighted by Crippen LogP contribution is -2.61. The van der Waals surface area contributed by atoms with Crippen LogP contribution >= 0.6 is 0 Å². The molecule has 2 aliphatic heterocycles. The van der Waals surface area contributed by atoms with Crippen molar-refractivity contribution >= 4 is 17.8 Å². The fraction of sp³-hybridized carbons (Fsp3) is 0.828. The van der Waals surface area contributed by atoms with Gasteiger partial charge in [-0.05, 0) is 33.1 Å². The average Bonchev–Trinajstić information content (AvgIpc) is 3.68. The van der Waals surface area contributed by atoms with Crippen LogP contribution in [-0.2, 0) is 38.1 Å². The van der Waals surface area contributed by atoms with Crippen molar-refractivity contribution in [2.45, 2.75) is 108 Å². The first-order valence-corrected chi connectivity index (χ1v) is 15.0. The van der Waals surface area contributed by atoms with Gasteiger partial charge >= 0.3 is 5.97 Å². The topological polar surface area (TPSA) is 206 Å². The van der Waals surface area contributed by atoms with Gasteiger partial charge in [-0.1, -0.05) is 38.8 Å². The van der Waals surface area contributed by atoms with Crippen LogP contribution in [0.25, 0.3) is 0 Å². The summed E-state index contributed by atoms with van der Waals surface area (Å²) in [5.74, 6) is -5.47. The highest BCUT2D eigenvalue weighted by molar-refractivity contribution is 5.81. The van der Waals surface area contributed by atoms with Gasteiger partial charge in [0.1, 0.15) is 37.1 Å². The molecular formula is C29H50N2O12. The first kappa shape index (κ1) is 37.0. The molecule has 2 heterocycles. The summed E-state index contributed by atoms with van der Waals surface area (Å²) in [5.41, 5.74) is 0. The van der Waals surface area contributed by atoms with Gasteiger partial charge < -0.3 is 54.7 Å². The first-order chi connectivity index (χ1) is 20.4. The summed E-state index contributed by atoms with van der Waals surface area (Å²) >= 11 is 0. The Hall–Kier alpha value is -2.17. The second-order valence-corrected chi connectivity index (χ2v) is 11.1. The Kier molecular flexibility index (Phi) is 15.5. The Morgan fingerprint density at radius 2 is 1.74 bits per heavy atom. The largest absolute Gasteiger partial charge is 0.481 e. The highest BCUT2D eigenvalue weighted by atomic mass is 16.8. The number of hydrogen-bond donors (Lipinski definition) is 6. The minimum atomic E-state index is -1.64. The number of carbonyl (C=O) groups excluding carboxylic acids is 2. The van der Waals surface area contributed by atoms with E-state index in [2.05, 4.69) is 23.6 Å². The van der Waals surface area contributed by atoms with Gasteiger partial charge in [0.25, 0.3) is 0 Å². The molecule has 2 aliphatic rings. The lowest BCUT2D eigenvalue weighted by atomic mass is 9.86. The number of methoxy groups -OCH3 is 1. The third-order valence-corrected chi connectivity index (χ3v) is 7.81. The molecule has 0 bridgehead atoms. The van der Waals surface area contributed by atoms with E-state index in [4.69, 9.17) is 23.7 Å². The number of aliphatic hydroxyl groups is 3. The van der Waals surface area contributed by atoms with Crippen LogP contribution in [0.5, 0.6) is 0 Å². The monoisotopic (exact) mass is 618 g/mol. The molecule has 2 fully saturated rings. The second-order valence-electron chi connectivity index (χ2n) is 11.1. The van der Waals surface area contributed by atoms with Gasteiger partial charge in [-0.15, -0.1) is 0 Å². The molecule has 0 radical (unpaired) electrons. The highest BCUT2D eigenvalue weighted by Crippen LogP contribution is 2.42. The number of rotatable bonds is 20. The summed E-state index contributed by atoms with van der Waals surface area (Å²) in [6.07, 6.45) is -1.42. The van der Waals surface area contributed by atoms with Crippen molar-refractivity contribution in [3.63, 3.8) is 0 Å². The molecule has 10 atom stereocenters. The molecule has 0 aliphatic carbocycles. The summed E-state index contributed by atoms with van der Waals surface area (Å²) in [7, 11) is 1.37. The number of amides is 2. The predicted molar refractivity (Wildman–Crippen MR) is 153 cm³/mol. The Balaban J connectivity index is 1.90. The Morgan fingerprint density at radius 3 is 2.35 bits per heavy atom. The van der Waals surface area contributed by atoms with Crippen molar-refractivity contribution in [2.24, 2.45) is 11.8 Å². The number of aliphatic carboxylic acids is 1. The fourth-order valence-electron chi connectivity index (χ4n) is 4.88. The molecule has 0 spiro atoms. The maximum absolute atomic E-state index is 13.0. The number of aliphatic hydroxyl groups excluding tert-OH is 3. The predicted octanol–water partition coefficient (Wildman–Crippen LogP) is 0.0730. The normalized spacial score (nSPS) is 30.9. The third kappa shape index (κ3) is 10.7. The van der Waals surface area contributed by atoms with Crippen LogP contribution in [0.4, 0.5) is 0 Å². The summed E-state index contributed by atoms with van der Waals surface area (Å²) in [6, 6.07) is 0. The second kappa shape index (κ2) is 18.0. The molecule has 14 heteroatoms. The van der Waals surface area contributed by atoms with Crippen LogP contribution in [0.3, 0.4) is 0 Å². The van der Waals surface area contributed by atoms with Crippen molar-refractivity contribution < 1.29 is 58.5 Å². The van der Waals surface area contributed by atoms with Gasteiger partial charge in [0.05, 0.1) is 18.6 Å². The molecule has 10 unspecified atom stereocenters. The standard InChI is InChI=1S/C29H50N2O12/c1-6-8-9-10-11-12-15-40-16-19(32)30-13-14-31-26(36)24-18(7-2)20(33)21(34)28(42-24)41-23(17(3)27(37)38)22(35)25-29(4,39-5)43-25/h10-11,17-18,20-25,28,33-35H,6-9,12-16H2,1-5H3,(H,30,32)(H,31,36)(H,37,38)/b11-10+. The summed E-state index contributed by atoms with van der Waals surface area (Å²) < 4.78 is 27.4. The highest BCUT2D eigenvalue weighted by Gasteiger charge is 2.61. The number of epoxide rings is 1. The van der Waals surface area contributed by atoms with E-state index in [1.54, 1.807) is 13.8 Å². The summed E-state index contributed by atoms with van der Waals surface area (Å²) in [5, 5.41) is 47.3. The van der Waals surface area contributed by atoms with Crippen LogP contribution in [-0.4, -0.2) is 120 Å². The first-order valence-electron chi connectivity index (χ1n) is 15.0. The number of ether oxygens (including phenoxy) is 5. The van der Waals surface area contributed by atoms with Crippen molar-refractivity contribution in [3.05, 3.63) is 12.2 Å². The molecule has 2 amide bonds. The van der Waals surface area contributed by atoms with E-state index in [9.17, 15) is 34.8 Å². The smallest absolute Gasteiger partial charge is 0.308 e. The summed E-state index contributed by atoms with van der Waals surface area (Å²) in [4.78, 5) is 36.8. The molecule has 0 saturated carbocycles. The Morgan fingerprint density at radius 1 is 1.07 bits per heavy atom. The van der Waals surface area contributed by atoms with Crippen LogP contribution in [0.2, 0.25) is 0 Å². The number of carboxylic acid groups (broad SMARTS) is 1. The number of hydrogen-bond acceptors (Lipinski definition) is 11. The van der Waals surface area contributed by atoms with Crippen molar-refractivity contribution in [3.8, 4) is 0 Å². The van der Waals surface area contributed by atoms with Crippen LogP contribution < -0.4 is 10.6 Å². The molecule has 2 rings (SSSR count). The molecule has 0 aromatic carbocycles. The maximum atomic E-state index is 13.0. The lowest BCUT2D eigenvalue weighted by molar-refractivity contribution is -0.304. The van der Waals surface area contributed by atoms with Crippen LogP contribution in [0, 0.1) is 11.8 Å². The molecular weight excluding hydrogens is 568 g/mol. The molecule has 2 saturated heterocycles. The molecule has 6 N–H and O–H groups in total. The van der Waals surface area contributed by atoms with E-state index in [1.165, 1.54) is 14.0 Å². The molecule has 0 aromatic rings.